The van der Waals surface area contributed by atoms with Crippen LogP contribution in [0.2, 0.25) is 0 Å². The van der Waals surface area contributed by atoms with E-state index in [0.29, 0.717) is 25.5 Å². The normalized spacial score (nSPS) is 12.7. The number of aromatic nitrogens is 3. The molecule has 30 heavy (non-hydrogen) atoms. The summed E-state index contributed by atoms with van der Waals surface area (Å²) in [6, 6.07) is 16.0. The highest BCUT2D eigenvalue weighted by molar-refractivity contribution is 5.64. The van der Waals surface area contributed by atoms with E-state index in [0.717, 1.165) is 34.3 Å². The molecule has 0 spiro atoms. The summed E-state index contributed by atoms with van der Waals surface area (Å²) in [5.74, 6) is 2.73. The maximum atomic E-state index is 13.1. The Bertz CT molecular complexity index is 1190. The molecule has 0 fully saturated rings. The third kappa shape index (κ3) is 3.59. The Labute approximate surface area is 172 Å². The van der Waals surface area contributed by atoms with Crippen molar-refractivity contribution in [3.8, 4) is 11.5 Å². The molecule has 3 heterocycles. The lowest BCUT2D eigenvalue weighted by Gasteiger charge is -2.19. The third-order valence-electron chi connectivity index (χ3n) is 4.89. The molecule has 7 nitrogen and oxygen atoms in total. The largest absolute Gasteiger partial charge is 0.486 e. The molecule has 5 rings (SSSR count). The first kappa shape index (κ1) is 18.2. The molecule has 0 saturated carbocycles. The van der Waals surface area contributed by atoms with Crippen LogP contribution in [0.1, 0.15) is 5.56 Å². The predicted octanol–water partition coefficient (Wildman–Crippen LogP) is 4.02. The van der Waals surface area contributed by atoms with Gasteiger partial charge >= 0.3 is 0 Å². The van der Waals surface area contributed by atoms with Crippen molar-refractivity contribution in [2.75, 3.05) is 30.5 Å². The van der Waals surface area contributed by atoms with Gasteiger partial charge in [-0.05, 0) is 42.0 Å². The summed E-state index contributed by atoms with van der Waals surface area (Å²) in [5, 5.41) is 8.06. The van der Waals surface area contributed by atoms with Crippen LogP contribution in [0.15, 0.2) is 60.8 Å². The van der Waals surface area contributed by atoms with E-state index in [1.54, 1.807) is 22.8 Å². The second kappa shape index (κ2) is 7.55. The molecule has 1 aliphatic heterocycles. The number of anilines is 3. The lowest BCUT2D eigenvalue weighted by Crippen LogP contribution is -2.18. The van der Waals surface area contributed by atoms with Crippen LogP contribution < -0.4 is 19.7 Å². The summed E-state index contributed by atoms with van der Waals surface area (Å²) in [7, 11) is 1.95. The van der Waals surface area contributed by atoms with Gasteiger partial charge in [-0.25, -0.2) is 9.37 Å². The fraction of sp³-hybridized carbons (Fsp3) is 0.182. The van der Waals surface area contributed by atoms with Crippen molar-refractivity contribution in [2.24, 2.45) is 0 Å². The summed E-state index contributed by atoms with van der Waals surface area (Å²) >= 11 is 0. The minimum absolute atomic E-state index is 0.241. The molecular formula is C22H20FN5O2. The molecule has 0 amide bonds. The molecule has 152 valence electrons. The zero-order valence-corrected chi connectivity index (χ0v) is 16.4. The van der Waals surface area contributed by atoms with Crippen molar-refractivity contribution >= 4 is 23.0 Å². The van der Waals surface area contributed by atoms with Crippen molar-refractivity contribution in [1.29, 1.82) is 0 Å². The van der Waals surface area contributed by atoms with Gasteiger partial charge < -0.3 is 19.7 Å². The monoisotopic (exact) mass is 405 g/mol. The maximum absolute atomic E-state index is 13.1. The van der Waals surface area contributed by atoms with Gasteiger partial charge in [0, 0.05) is 25.3 Å². The first-order valence-corrected chi connectivity index (χ1v) is 9.63. The Morgan fingerprint density at radius 3 is 2.67 bits per heavy atom. The molecule has 2 aromatic carbocycles. The van der Waals surface area contributed by atoms with Crippen LogP contribution in [0.5, 0.6) is 11.5 Å². The summed E-state index contributed by atoms with van der Waals surface area (Å²) in [6.07, 6.45) is 1.74. The topological polar surface area (TPSA) is 63.9 Å². The highest BCUT2D eigenvalue weighted by atomic mass is 19.1. The molecular weight excluding hydrogens is 385 g/mol. The third-order valence-corrected chi connectivity index (χ3v) is 4.89. The molecule has 2 aromatic heterocycles. The van der Waals surface area contributed by atoms with Gasteiger partial charge in [-0.3, -0.25) is 0 Å². The molecule has 1 N–H and O–H groups in total. The number of imidazole rings is 1. The van der Waals surface area contributed by atoms with E-state index in [-0.39, 0.29) is 5.82 Å². The molecule has 8 heteroatoms. The van der Waals surface area contributed by atoms with E-state index in [1.165, 1.54) is 12.1 Å². The smallest absolute Gasteiger partial charge is 0.163 e. The molecule has 0 radical (unpaired) electrons. The molecule has 0 bridgehead atoms. The van der Waals surface area contributed by atoms with Crippen LogP contribution in [0.3, 0.4) is 0 Å². The number of hydrogen-bond acceptors (Lipinski definition) is 6. The van der Waals surface area contributed by atoms with Crippen molar-refractivity contribution in [3.05, 3.63) is 72.2 Å². The van der Waals surface area contributed by atoms with E-state index in [2.05, 4.69) is 10.3 Å². The Morgan fingerprint density at radius 1 is 1.03 bits per heavy atom. The van der Waals surface area contributed by atoms with E-state index < -0.39 is 0 Å². The van der Waals surface area contributed by atoms with Gasteiger partial charge in [-0.15, -0.1) is 5.10 Å². The quantitative estimate of drug-likeness (QED) is 0.541. The second-order valence-electron chi connectivity index (χ2n) is 7.07. The Hall–Kier alpha value is -3.81. The number of nitrogens with zero attached hydrogens (tertiary/aromatic N) is 4. The van der Waals surface area contributed by atoms with Crippen molar-refractivity contribution in [2.45, 2.75) is 6.54 Å². The van der Waals surface area contributed by atoms with Gasteiger partial charge in [0.25, 0.3) is 0 Å². The molecule has 0 unspecified atom stereocenters. The van der Waals surface area contributed by atoms with Crippen molar-refractivity contribution < 1.29 is 13.9 Å². The summed E-state index contributed by atoms with van der Waals surface area (Å²) < 4.78 is 26.1. The average molecular weight is 405 g/mol. The predicted molar refractivity (Wildman–Crippen MR) is 112 cm³/mol. The number of benzene rings is 2. The molecule has 4 aromatic rings. The number of ether oxygens (including phenoxy) is 2. The first-order valence-electron chi connectivity index (χ1n) is 9.63. The van der Waals surface area contributed by atoms with Gasteiger partial charge in [0.2, 0.25) is 0 Å². The van der Waals surface area contributed by atoms with Crippen LogP contribution >= 0.6 is 0 Å². The minimum atomic E-state index is -0.241. The zero-order valence-electron chi connectivity index (χ0n) is 16.4. The highest BCUT2D eigenvalue weighted by Gasteiger charge is 2.13. The average Bonchev–Trinajstić information content (AvgIpc) is 3.17. The van der Waals surface area contributed by atoms with Crippen LogP contribution in [0, 0.1) is 5.82 Å². The summed E-state index contributed by atoms with van der Waals surface area (Å²) in [4.78, 5) is 6.42. The number of rotatable bonds is 5. The lowest BCUT2D eigenvalue weighted by atomic mass is 10.2. The van der Waals surface area contributed by atoms with Gasteiger partial charge in [0.15, 0.2) is 23.0 Å². The lowest BCUT2D eigenvalue weighted by molar-refractivity contribution is 0.171. The molecule has 0 saturated heterocycles. The number of hydrogen-bond donors (Lipinski definition) is 1. The first-order chi connectivity index (χ1) is 14.7. The van der Waals surface area contributed by atoms with Crippen LogP contribution in [0.4, 0.5) is 21.7 Å². The molecule has 0 aliphatic carbocycles. The van der Waals surface area contributed by atoms with E-state index in [1.807, 2.05) is 42.3 Å². The number of fused-ring (bicyclic) bond motifs is 2. The number of nitrogens with one attached hydrogen (secondary N) is 1. The SMILES string of the molecule is CN(Cc1ccc(F)cc1)c1ccc2ncc(Nc3ccc4c(c3)OCCO4)n2n1. The zero-order chi connectivity index (χ0) is 20.5. The van der Waals surface area contributed by atoms with E-state index >= 15 is 0 Å². The number of halogens is 1. The van der Waals surface area contributed by atoms with Crippen LogP contribution in [-0.2, 0) is 6.54 Å². The van der Waals surface area contributed by atoms with E-state index in [4.69, 9.17) is 14.6 Å². The maximum Gasteiger partial charge on any atom is 0.163 e. The van der Waals surface area contributed by atoms with Gasteiger partial charge in [0.1, 0.15) is 24.8 Å². The van der Waals surface area contributed by atoms with Gasteiger partial charge in [-0.1, -0.05) is 12.1 Å². The van der Waals surface area contributed by atoms with E-state index in [9.17, 15) is 4.39 Å². The fourth-order valence-corrected chi connectivity index (χ4v) is 3.37. The Kier molecular flexibility index (Phi) is 4.59. The van der Waals surface area contributed by atoms with Crippen LogP contribution in [0.25, 0.3) is 5.65 Å². The Morgan fingerprint density at radius 2 is 1.83 bits per heavy atom. The van der Waals surface area contributed by atoms with Crippen LogP contribution in [-0.4, -0.2) is 34.9 Å². The summed E-state index contributed by atoms with van der Waals surface area (Å²) in [6.45, 7) is 1.71. The molecule has 0 atom stereocenters. The van der Waals surface area contributed by atoms with Crippen molar-refractivity contribution in [1.82, 2.24) is 14.6 Å². The minimum Gasteiger partial charge on any atom is -0.486 e. The standard InChI is InChI=1S/C22H20FN5O2/c1-27(14-15-2-4-16(23)5-3-15)21-9-8-20-24-13-22(28(20)26-21)25-17-6-7-18-19(12-17)30-11-10-29-18/h2-9,12-13,25H,10-11,14H2,1H3. The van der Waals surface area contributed by atoms with Gasteiger partial charge in [0.05, 0.1) is 6.20 Å². The highest BCUT2D eigenvalue weighted by Crippen LogP contribution is 2.33. The van der Waals surface area contributed by atoms with Crippen molar-refractivity contribution in [3.63, 3.8) is 0 Å². The Balaban J connectivity index is 1.39. The second-order valence-corrected chi connectivity index (χ2v) is 7.07. The fourth-order valence-electron chi connectivity index (χ4n) is 3.37. The van der Waals surface area contributed by atoms with Gasteiger partial charge in [-0.2, -0.15) is 4.52 Å². The molecule has 1 aliphatic rings. The summed E-state index contributed by atoms with van der Waals surface area (Å²) in [5.41, 5.74) is 2.59.